The fraction of sp³-hybridized carbons (Fsp3) is 0.286. The zero-order valence-electron chi connectivity index (χ0n) is 15.7. The number of oxazole rings is 1. The molecule has 142 valence electrons. The predicted octanol–water partition coefficient (Wildman–Crippen LogP) is 3.57. The van der Waals surface area contributed by atoms with E-state index in [0.717, 1.165) is 53.7 Å². The van der Waals surface area contributed by atoms with Crippen molar-refractivity contribution in [2.75, 3.05) is 18.8 Å². The van der Waals surface area contributed by atoms with Crippen LogP contribution in [0.15, 0.2) is 47.3 Å². The van der Waals surface area contributed by atoms with Gasteiger partial charge in [-0.3, -0.25) is 4.68 Å². The van der Waals surface area contributed by atoms with Crippen LogP contribution in [0.3, 0.4) is 0 Å². The molecule has 1 aliphatic heterocycles. The summed E-state index contributed by atoms with van der Waals surface area (Å²) in [5.74, 6) is 0.885. The monoisotopic (exact) mass is 374 g/mol. The molecule has 0 unspecified atom stereocenters. The van der Waals surface area contributed by atoms with Crippen LogP contribution in [0.2, 0.25) is 0 Å². The van der Waals surface area contributed by atoms with Crippen LogP contribution in [0.5, 0.6) is 0 Å². The molecule has 3 aromatic heterocycles. The first-order valence-corrected chi connectivity index (χ1v) is 9.56. The Labute approximate surface area is 162 Å². The van der Waals surface area contributed by atoms with Gasteiger partial charge in [0.05, 0.1) is 17.8 Å². The van der Waals surface area contributed by atoms with Crippen molar-refractivity contribution in [1.29, 1.82) is 0 Å². The van der Waals surface area contributed by atoms with Gasteiger partial charge in [0, 0.05) is 23.5 Å². The highest BCUT2D eigenvalue weighted by Crippen LogP contribution is 2.32. The number of piperidine rings is 1. The summed E-state index contributed by atoms with van der Waals surface area (Å²) in [4.78, 5) is 8.98. The first-order valence-electron chi connectivity index (χ1n) is 9.56. The van der Waals surface area contributed by atoms with E-state index < -0.39 is 0 Å². The summed E-state index contributed by atoms with van der Waals surface area (Å²) in [5.41, 5.74) is 11.5. The molecule has 4 heterocycles. The van der Waals surface area contributed by atoms with Crippen molar-refractivity contribution in [1.82, 2.24) is 25.1 Å². The molecule has 1 fully saturated rings. The van der Waals surface area contributed by atoms with E-state index in [0.29, 0.717) is 23.3 Å². The van der Waals surface area contributed by atoms with E-state index in [1.165, 1.54) is 0 Å². The average molecular weight is 374 g/mol. The summed E-state index contributed by atoms with van der Waals surface area (Å²) in [5, 5.41) is 7.96. The number of nitrogens with zero attached hydrogens (tertiary/aromatic N) is 4. The SMILES string of the molecule is Cc1ccc2oc(-c3cc(-c4cnn(C5CCNCC5)c4)cnc3N)nc2c1. The lowest BCUT2D eigenvalue weighted by atomic mass is 10.1. The molecule has 1 aliphatic rings. The van der Waals surface area contributed by atoms with Gasteiger partial charge in [0.25, 0.3) is 0 Å². The number of fused-ring (bicyclic) bond motifs is 1. The Morgan fingerprint density at radius 2 is 2.00 bits per heavy atom. The fourth-order valence-corrected chi connectivity index (χ4v) is 3.72. The first kappa shape index (κ1) is 16.9. The van der Waals surface area contributed by atoms with E-state index in [4.69, 9.17) is 10.2 Å². The molecule has 0 radical (unpaired) electrons. The Hall–Kier alpha value is -3.19. The molecule has 0 bridgehead atoms. The number of nitrogens with two attached hydrogens (primary N) is 1. The molecule has 28 heavy (non-hydrogen) atoms. The number of anilines is 1. The largest absolute Gasteiger partial charge is 0.436 e. The number of benzene rings is 1. The molecule has 0 spiro atoms. The highest BCUT2D eigenvalue weighted by Gasteiger charge is 2.18. The van der Waals surface area contributed by atoms with E-state index in [9.17, 15) is 0 Å². The van der Waals surface area contributed by atoms with Crippen molar-refractivity contribution in [3.8, 4) is 22.6 Å². The summed E-state index contributed by atoms with van der Waals surface area (Å²) in [6, 6.07) is 8.35. The Balaban J connectivity index is 1.51. The lowest BCUT2D eigenvalue weighted by Crippen LogP contribution is -2.29. The quantitative estimate of drug-likeness (QED) is 0.569. The number of nitrogens with one attached hydrogen (secondary N) is 1. The van der Waals surface area contributed by atoms with Gasteiger partial charge in [0.2, 0.25) is 5.89 Å². The smallest absolute Gasteiger partial charge is 0.231 e. The normalized spacial score (nSPS) is 15.3. The predicted molar refractivity (Wildman–Crippen MR) is 109 cm³/mol. The molecule has 7 nitrogen and oxygen atoms in total. The lowest BCUT2D eigenvalue weighted by Gasteiger charge is -2.22. The minimum atomic E-state index is 0.401. The number of aryl methyl sites for hydroxylation is 1. The highest BCUT2D eigenvalue weighted by molar-refractivity contribution is 5.81. The van der Waals surface area contributed by atoms with Gasteiger partial charge in [-0.25, -0.2) is 9.97 Å². The van der Waals surface area contributed by atoms with Crippen LogP contribution >= 0.6 is 0 Å². The summed E-state index contributed by atoms with van der Waals surface area (Å²) in [6.07, 6.45) is 7.93. The van der Waals surface area contributed by atoms with Crippen LogP contribution in [0.1, 0.15) is 24.4 Å². The molecule has 7 heteroatoms. The van der Waals surface area contributed by atoms with Gasteiger partial charge in [0.15, 0.2) is 5.58 Å². The number of rotatable bonds is 3. The van der Waals surface area contributed by atoms with Crippen molar-refractivity contribution < 1.29 is 4.42 Å². The van der Waals surface area contributed by atoms with Crippen LogP contribution < -0.4 is 11.1 Å². The van der Waals surface area contributed by atoms with Gasteiger partial charge in [-0.05, 0) is 56.6 Å². The molecule has 0 aliphatic carbocycles. The van der Waals surface area contributed by atoms with Crippen LogP contribution in [-0.2, 0) is 0 Å². The maximum absolute atomic E-state index is 6.13. The fourth-order valence-electron chi connectivity index (χ4n) is 3.72. The van der Waals surface area contributed by atoms with Crippen molar-refractivity contribution in [3.63, 3.8) is 0 Å². The van der Waals surface area contributed by atoms with Gasteiger partial charge in [0.1, 0.15) is 11.3 Å². The number of aromatic nitrogens is 4. The summed E-state index contributed by atoms with van der Waals surface area (Å²) < 4.78 is 7.99. The van der Waals surface area contributed by atoms with Crippen molar-refractivity contribution in [3.05, 3.63) is 48.4 Å². The molecule has 1 saturated heterocycles. The minimum Gasteiger partial charge on any atom is -0.436 e. The second kappa shape index (κ2) is 6.76. The Morgan fingerprint density at radius 1 is 1.14 bits per heavy atom. The molecule has 4 aromatic rings. The van der Waals surface area contributed by atoms with Crippen LogP contribution in [-0.4, -0.2) is 32.8 Å². The summed E-state index contributed by atoms with van der Waals surface area (Å²) in [6.45, 7) is 4.10. The third-order valence-corrected chi connectivity index (χ3v) is 5.31. The maximum atomic E-state index is 6.13. The molecule has 3 N–H and O–H groups in total. The zero-order valence-corrected chi connectivity index (χ0v) is 15.7. The van der Waals surface area contributed by atoms with E-state index >= 15 is 0 Å². The molecule has 0 saturated carbocycles. The second-order valence-corrected chi connectivity index (χ2v) is 7.34. The number of hydrogen-bond donors (Lipinski definition) is 2. The third-order valence-electron chi connectivity index (χ3n) is 5.31. The van der Waals surface area contributed by atoms with Crippen molar-refractivity contribution in [2.24, 2.45) is 0 Å². The topological polar surface area (TPSA) is 94.8 Å². The van der Waals surface area contributed by atoms with Crippen LogP contribution in [0, 0.1) is 6.92 Å². The zero-order chi connectivity index (χ0) is 19.1. The van der Waals surface area contributed by atoms with E-state index in [2.05, 4.69) is 31.3 Å². The number of nitrogen functional groups attached to an aromatic ring is 1. The standard InChI is InChI=1S/C21H22N6O/c1-13-2-3-19-18(8-13)26-21(28-19)17-9-14(10-24-20(17)22)15-11-25-27(12-15)16-4-6-23-7-5-16/h2-3,8-12,16,23H,4-7H2,1H3,(H2,22,24). The van der Waals surface area contributed by atoms with Gasteiger partial charge < -0.3 is 15.5 Å². The molecule has 0 amide bonds. The van der Waals surface area contributed by atoms with E-state index in [-0.39, 0.29) is 0 Å². The van der Waals surface area contributed by atoms with Crippen LogP contribution in [0.25, 0.3) is 33.7 Å². The van der Waals surface area contributed by atoms with Gasteiger partial charge in [-0.1, -0.05) is 6.07 Å². The second-order valence-electron chi connectivity index (χ2n) is 7.34. The maximum Gasteiger partial charge on any atom is 0.231 e. The van der Waals surface area contributed by atoms with Crippen LogP contribution in [0.4, 0.5) is 5.82 Å². The Morgan fingerprint density at radius 3 is 2.86 bits per heavy atom. The lowest BCUT2D eigenvalue weighted by molar-refractivity contribution is 0.343. The molecular weight excluding hydrogens is 352 g/mol. The molecule has 1 aromatic carbocycles. The molecule has 0 atom stereocenters. The number of pyridine rings is 1. The van der Waals surface area contributed by atoms with E-state index in [1.807, 2.05) is 37.4 Å². The average Bonchev–Trinajstić information content (AvgIpc) is 3.36. The minimum absolute atomic E-state index is 0.401. The number of hydrogen-bond acceptors (Lipinski definition) is 6. The van der Waals surface area contributed by atoms with Gasteiger partial charge in [-0.2, -0.15) is 5.10 Å². The van der Waals surface area contributed by atoms with Crippen molar-refractivity contribution >= 4 is 16.9 Å². The summed E-state index contributed by atoms with van der Waals surface area (Å²) in [7, 11) is 0. The summed E-state index contributed by atoms with van der Waals surface area (Å²) >= 11 is 0. The first-order chi connectivity index (χ1) is 13.7. The molecular formula is C21H22N6O. The highest BCUT2D eigenvalue weighted by atomic mass is 16.3. The Bertz CT molecular complexity index is 1140. The van der Waals surface area contributed by atoms with E-state index in [1.54, 1.807) is 6.20 Å². The molecule has 5 rings (SSSR count). The van der Waals surface area contributed by atoms with Crippen molar-refractivity contribution in [2.45, 2.75) is 25.8 Å². The third kappa shape index (κ3) is 3.03. The van der Waals surface area contributed by atoms with Gasteiger partial charge >= 0.3 is 0 Å². The van der Waals surface area contributed by atoms with Gasteiger partial charge in [-0.15, -0.1) is 0 Å². The Kier molecular flexibility index (Phi) is 4.09.